The van der Waals surface area contributed by atoms with Crippen molar-refractivity contribution in [3.8, 4) is 0 Å². The molecule has 2 rings (SSSR count). The molecule has 13 heavy (non-hydrogen) atoms. The summed E-state index contributed by atoms with van der Waals surface area (Å²) in [6.45, 7) is 0. The molecule has 0 saturated heterocycles. The van der Waals surface area contributed by atoms with E-state index in [4.69, 9.17) is 0 Å². The van der Waals surface area contributed by atoms with E-state index in [9.17, 15) is 4.79 Å². The highest BCUT2D eigenvalue weighted by atomic mass is 16.1. The van der Waals surface area contributed by atoms with E-state index in [-0.39, 0.29) is 5.78 Å². The first-order valence-corrected chi connectivity index (χ1v) is 4.19. The Morgan fingerprint density at radius 1 is 1.15 bits per heavy atom. The maximum absolute atomic E-state index is 11.1. The molecule has 1 aromatic rings. The predicted molar refractivity (Wildman–Crippen MR) is 52.5 cm³/mol. The molecule has 0 bridgehead atoms. The van der Waals surface area contributed by atoms with Crippen LogP contribution in [0.4, 0.5) is 0 Å². The highest BCUT2D eigenvalue weighted by molar-refractivity contribution is 6.07. The second-order valence-electron chi connectivity index (χ2n) is 2.88. The molecule has 0 aromatic heterocycles. The van der Waals surface area contributed by atoms with Gasteiger partial charge in [-0.05, 0) is 0 Å². The van der Waals surface area contributed by atoms with Crippen molar-refractivity contribution in [1.82, 2.24) is 0 Å². The lowest BCUT2D eigenvalue weighted by molar-refractivity contribution is -0.113. The van der Waals surface area contributed by atoms with E-state index < -0.39 is 0 Å². The van der Waals surface area contributed by atoms with Gasteiger partial charge in [0.25, 0.3) is 0 Å². The Morgan fingerprint density at radius 3 is 2.62 bits per heavy atom. The third-order valence-electron chi connectivity index (χ3n) is 1.89. The molecule has 0 N–H and O–H groups in total. The van der Waals surface area contributed by atoms with Gasteiger partial charge in [-0.1, -0.05) is 30.3 Å². The van der Waals surface area contributed by atoms with Gasteiger partial charge in [-0.25, -0.2) is 0 Å². The number of hydrogen-bond acceptors (Lipinski definition) is 2. The molecule has 0 amide bonds. The molecule has 0 radical (unpaired) electrons. The molecule has 2 heteroatoms. The third kappa shape index (κ3) is 1.72. The maximum atomic E-state index is 11.1. The van der Waals surface area contributed by atoms with E-state index in [2.05, 4.69) is 4.99 Å². The van der Waals surface area contributed by atoms with Crippen LogP contribution in [0.25, 0.3) is 5.70 Å². The summed E-state index contributed by atoms with van der Waals surface area (Å²) in [5.41, 5.74) is 1.75. The molecule has 1 aromatic carbocycles. The van der Waals surface area contributed by atoms with Gasteiger partial charge in [0.2, 0.25) is 0 Å². The van der Waals surface area contributed by atoms with Gasteiger partial charge in [0.15, 0.2) is 5.78 Å². The van der Waals surface area contributed by atoms with Crippen molar-refractivity contribution in [2.24, 2.45) is 4.99 Å². The molecule has 1 aliphatic heterocycles. The van der Waals surface area contributed by atoms with E-state index in [0.717, 1.165) is 11.3 Å². The van der Waals surface area contributed by atoms with Crippen LogP contribution in [-0.2, 0) is 4.79 Å². The van der Waals surface area contributed by atoms with Gasteiger partial charge < -0.3 is 0 Å². The fraction of sp³-hybridized carbons (Fsp3) is 0.0909. The lowest BCUT2D eigenvalue weighted by Crippen LogP contribution is -2.00. The third-order valence-corrected chi connectivity index (χ3v) is 1.89. The van der Waals surface area contributed by atoms with Gasteiger partial charge in [-0.15, -0.1) is 0 Å². The van der Waals surface area contributed by atoms with Crippen molar-refractivity contribution < 1.29 is 4.79 Å². The van der Waals surface area contributed by atoms with Crippen LogP contribution in [0, 0.1) is 0 Å². The zero-order chi connectivity index (χ0) is 9.10. The van der Waals surface area contributed by atoms with Crippen LogP contribution >= 0.6 is 0 Å². The van der Waals surface area contributed by atoms with Crippen LogP contribution in [0.15, 0.2) is 41.4 Å². The van der Waals surface area contributed by atoms with Gasteiger partial charge in [-0.3, -0.25) is 9.79 Å². The summed E-state index contributed by atoms with van der Waals surface area (Å²) in [6.07, 6.45) is 3.68. The average Bonchev–Trinajstić information content (AvgIpc) is 2.19. The molecule has 0 aliphatic carbocycles. The SMILES string of the molecule is O=C1C=C(c2ccccc2)N=CC1. The van der Waals surface area contributed by atoms with Gasteiger partial charge in [-0.2, -0.15) is 0 Å². The van der Waals surface area contributed by atoms with E-state index in [1.807, 2.05) is 30.3 Å². The summed E-state index contributed by atoms with van der Waals surface area (Å²) in [7, 11) is 0. The van der Waals surface area contributed by atoms with Gasteiger partial charge in [0.05, 0.1) is 5.70 Å². The van der Waals surface area contributed by atoms with Crippen LogP contribution in [-0.4, -0.2) is 12.0 Å². The maximum Gasteiger partial charge on any atom is 0.163 e. The van der Waals surface area contributed by atoms with Crippen LogP contribution in [0.5, 0.6) is 0 Å². The van der Waals surface area contributed by atoms with Crippen molar-refractivity contribution in [2.45, 2.75) is 6.42 Å². The Bertz CT molecular complexity index is 376. The van der Waals surface area contributed by atoms with Crippen molar-refractivity contribution in [3.05, 3.63) is 42.0 Å². The fourth-order valence-corrected chi connectivity index (χ4v) is 1.25. The molecule has 0 atom stereocenters. The minimum absolute atomic E-state index is 0.119. The number of benzene rings is 1. The predicted octanol–water partition coefficient (Wildman–Crippen LogP) is 2.07. The van der Waals surface area contributed by atoms with Crippen LogP contribution < -0.4 is 0 Å². The number of nitrogens with zero attached hydrogens (tertiary/aromatic N) is 1. The van der Waals surface area contributed by atoms with Crippen LogP contribution in [0.2, 0.25) is 0 Å². The van der Waals surface area contributed by atoms with Crippen LogP contribution in [0.1, 0.15) is 12.0 Å². The van der Waals surface area contributed by atoms with Crippen molar-refractivity contribution in [2.75, 3.05) is 0 Å². The minimum Gasteiger partial charge on any atom is -0.294 e. The van der Waals surface area contributed by atoms with Gasteiger partial charge in [0.1, 0.15) is 0 Å². The Morgan fingerprint density at radius 2 is 1.92 bits per heavy atom. The summed E-state index contributed by atoms with van der Waals surface area (Å²) in [5.74, 6) is 0.119. The molecule has 1 aliphatic rings. The number of aliphatic imine (C=N–C) groups is 1. The summed E-state index contributed by atoms with van der Waals surface area (Å²) in [6, 6.07) is 9.71. The van der Waals surface area contributed by atoms with E-state index in [0.29, 0.717) is 6.42 Å². The molecular weight excluding hydrogens is 162 g/mol. The summed E-state index contributed by atoms with van der Waals surface area (Å²) >= 11 is 0. The first kappa shape index (κ1) is 7.92. The molecule has 0 unspecified atom stereocenters. The second kappa shape index (κ2) is 3.35. The monoisotopic (exact) mass is 171 g/mol. The number of hydrogen-bond donors (Lipinski definition) is 0. The normalized spacial score (nSPS) is 15.7. The Labute approximate surface area is 76.6 Å². The molecule has 0 saturated carbocycles. The lowest BCUT2D eigenvalue weighted by atomic mass is 10.1. The number of ketones is 1. The summed E-state index contributed by atoms with van der Waals surface area (Å²) in [4.78, 5) is 15.2. The Hall–Kier alpha value is -1.70. The second-order valence-corrected chi connectivity index (χ2v) is 2.88. The largest absolute Gasteiger partial charge is 0.294 e. The first-order chi connectivity index (χ1) is 6.36. The van der Waals surface area contributed by atoms with Gasteiger partial charge in [0, 0.05) is 24.3 Å². The number of carbonyl (C=O) groups is 1. The summed E-state index contributed by atoms with van der Waals surface area (Å²) < 4.78 is 0. The van der Waals surface area contributed by atoms with Crippen molar-refractivity contribution in [3.63, 3.8) is 0 Å². The van der Waals surface area contributed by atoms with E-state index in [1.165, 1.54) is 0 Å². The molecule has 0 spiro atoms. The molecule has 0 fully saturated rings. The van der Waals surface area contributed by atoms with Crippen LogP contribution in [0.3, 0.4) is 0 Å². The topological polar surface area (TPSA) is 29.4 Å². The quantitative estimate of drug-likeness (QED) is 0.636. The average molecular weight is 171 g/mol. The fourth-order valence-electron chi connectivity index (χ4n) is 1.25. The highest BCUT2D eigenvalue weighted by Crippen LogP contribution is 2.17. The number of carbonyl (C=O) groups excluding carboxylic acids is 1. The van der Waals surface area contributed by atoms with E-state index >= 15 is 0 Å². The molecule has 1 heterocycles. The smallest absolute Gasteiger partial charge is 0.163 e. The standard InChI is InChI=1S/C11H9NO/c13-10-6-7-12-11(8-10)9-4-2-1-3-5-9/h1-5,7-8H,6H2. The highest BCUT2D eigenvalue weighted by Gasteiger charge is 2.06. The van der Waals surface area contributed by atoms with E-state index in [1.54, 1.807) is 12.3 Å². The zero-order valence-corrected chi connectivity index (χ0v) is 7.10. The lowest BCUT2D eigenvalue weighted by Gasteiger charge is -2.04. The van der Waals surface area contributed by atoms with Crippen molar-refractivity contribution in [1.29, 1.82) is 0 Å². The molecule has 64 valence electrons. The Balaban J connectivity index is 2.37. The summed E-state index contributed by atoms with van der Waals surface area (Å²) in [5, 5.41) is 0. The number of allylic oxidation sites excluding steroid dienone is 1. The van der Waals surface area contributed by atoms with Crippen molar-refractivity contribution >= 4 is 17.7 Å². The minimum atomic E-state index is 0.119. The first-order valence-electron chi connectivity index (χ1n) is 4.19. The molecule has 2 nitrogen and oxygen atoms in total. The number of rotatable bonds is 1. The Kier molecular flexibility index (Phi) is 2.04. The zero-order valence-electron chi connectivity index (χ0n) is 7.10. The molecular formula is C11H9NO. The van der Waals surface area contributed by atoms with Gasteiger partial charge >= 0.3 is 0 Å².